The number of rotatable bonds is 6. The Hall–Kier alpha value is -3.61. The molecule has 4 rings (SSSR count). The number of nitrogens with one attached hydrogen (secondary N) is 1. The Balaban J connectivity index is 1.56. The number of anilines is 1. The maximum absolute atomic E-state index is 13.6. The van der Waals surface area contributed by atoms with Gasteiger partial charge < -0.3 is 19.7 Å². The van der Waals surface area contributed by atoms with E-state index in [9.17, 15) is 14.0 Å². The highest BCUT2D eigenvalue weighted by Crippen LogP contribution is 2.32. The van der Waals surface area contributed by atoms with Crippen LogP contribution >= 0.6 is 0 Å². The Morgan fingerprint density at radius 2 is 1.82 bits per heavy atom. The van der Waals surface area contributed by atoms with E-state index in [4.69, 9.17) is 0 Å². The third-order valence-corrected chi connectivity index (χ3v) is 6.04. The van der Waals surface area contributed by atoms with Gasteiger partial charge in [0.05, 0.1) is 6.04 Å². The molecule has 0 spiro atoms. The molecule has 6 nitrogen and oxygen atoms in total. The second-order valence-corrected chi connectivity index (χ2v) is 8.33. The van der Waals surface area contributed by atoms with E-state index in [0.29, 0.717) is 19.6 Å². The van der Waals surface area contributed by atoms with Crippen LogP contribution in [0.15, 0.2) is 66.9 Å². The molecule has 0 saturated heterocycles. The first kappa shape index (κ1) is 22.6. The Kier molecular flexibility index (Phi) is 6.77. The normalized spacial score (nSPS) is 15.1. The van der Waals surface area contributed by atoms with Crippen LogP contribution in [-0.2, 0) is 11.3 Å². The average molecular weight is 449 g/mol. The topological polar surface area (TPSA) is 57.6 Å². The summed E-state index contributed by atoms with van der Waals surface area (Å²) in [4.78, 5) is 29.9. The molecule has 2 aromatic carbocycles. The van der Waals surface area contributed by atoms with Crippen LogP contribution in [0.5, 0.6) is 0 Å². The third kappa shape index (κ3) is 4.92. The molecule has 3 amide bonds. The van der Waals surface area contributed by atoms with Gasteiger partial charge in [-0.3, -0.25) is 4.79 Å². The predicted molar refractivity (Wildman–Crippen MR) is 126 cm³/mol. The van der Waals surface area contributed by atoms with Crippen LogP contribution in [0.2, 0.25) is 0 Å². The second kappa shape index (κ2) is 9.90. The van der Waals surface area contributed by atoms with E-state index in [1.54, 1.807) is 21.9 Å². The molecule has 172 valence electrons. The van der Waals surface area contributed by atoms with Gasteiger partial charge in [0, 0.05) is 37.2 Å². The number of aromatic nitrogens is 1. The SMILES string of the molecule is CCCN(CC(=O)N1CCn2cccc2C1c1ccc(F)cc1)C(=O)Nc1ccccc1C. The largest absolute Gasteiger partial charge is 0.348 e. The molecule has 0 radical (unpaired) electrons. The number of carbonyl (C=O) groups excluding carboxylic acids is 2. The molecule has 0 fully saturated rings. The zero-order valence-electron chi connectivity index (χ0n) is 19.0. The van der Waals surface area contributed by atoms with Gasteiger partial charge in [-0.2, -0.15) is 0 Å². The van der Waals surface area contributed by atoms with Crippen molar-refractivity contribution in [2.75, 3.05) is 25.0 Å². The summed E-state index contributed by atoms with van der Waals surface area (Å²) in [6.45, 7) is 5.55. The molecule has 1 unspecified atom stereocenters. The van der Waals surface area contributed by atoms with Crippen LogP contribution in [0.1, 0.15) is 36.2 Å². The summed E-state index contributed by atoms with van der Waals surface area (Å²) in [6, 6.07) is 17.2. The van der Waals surface area contributed by atoms with Crippen LogP contribution in [0, 0.1) is 12.7 Å². The zero-order chi connectivity index (χ0) is 23.4. The van der Waals surface area contributed by atoms with Crippen LogP contribution in [0.3, 0.4) is 0 Å². The fraction of sp³-hybridized carbons (Fsp3) is 0.308. The standard InChI is InChI=1S/C26H29FN4O2/c1-3-14-30(26(33)28-22-8-5-4-7-19(22)2)18-24(32)31-17-16-29-15-6-9-23(29)25(31)20-10-12-21(27)13-11-20/h4-13,15,25H,3,14,16-18H2,1-2H3,(H,28,33). The second-order valence-electron chi connectivity index (χ2n) is 8.33. The summed E-state index contributed by atoms with van der Waals surface area (Å²) < 4.78 is 15.7. The average Bonchev–Trinajstić information content (AvgIpc) is 3.29. The number of carbonyl (C=O) groups is 2. The highest BCUT2D eigenvalue weighted by molar-refractivity contribution is 5.93. The molecule has 0 aliphatic carbocycles. The van der Waals surface area contributed by atoms with Gasteiger partial charge in [-0.1, -0.05) is 37.3 Å². The van der Waals surface area contributed by atoms with E-state index >= 15 is 0 Å². The van der Waals surface area contributed by atoms with Crippen LogP contribution in [-0.4, -0.2) is 45.9 Å². The number of benzene rings is 2. The lowest BCUT2D eigenvalue weighted by atomic mass is 9.99. The van der Waals surface area contributed by atoms with Gasteiger partial charge in [0.25, 0.3) is 0 Å². The monoisotopic (exact) mass is 448 g/mol. The van der Waals surface area contributed by atoms with Crippen LogP contribution < -0.4 is 5.32 Å². The smallest absolute Gasteiger partial charge is 0.322 e. The molecule has 1 atom stereocenters. The first-order valence-electron chi connectivity index (χ1n) is 11.3. The van der Waals surface area contributed by atoms with E-state index in [1.807, 2.05) is 56.4 Å². The summed E-state index contributed by atoms with van der Waals surface area (Å²) in [7, 11) is 0. The first-order chi connectivity index (χ1) is 16.0. The van der Waals surface area contributed by atoms with E-state index in [-0.39, 0.29) is 30.3 Å². The van der Waals surface area contributed by atoms with Gasteiger partial charge in [0.15, 0.2) is 0 Å². The predicted octanol–water partition coefficient (Wildman–Crippen LogP) is 4.81. The van der Waals surface area contributed by atoms with Crippen LogP contribution in [0.25, 0.3) is 0 Å². The minimum Gasteiger partial charge on any atom is -0.348 e. The summed E-state index contributed by atoms with van der Waals surface area (Å²) in [5, 5.41) is 2.93. The van der Waals surface area contributed by atoms with E-state index in [0.717, 1.165) is 28.9 Å². The molecule has 1 aliphatic rings. The number of hydrogen-bond acceptors (Lipinski definition) is 2. The Bertz CT molecular complexity index is 1130. The first-order valence-corrected chi connectivity index (χ1v) is 11.3. The van der Waals surface area contributed by atoms with E-state index < -0.39 is 0 Å². The lowest BCUT2D eigenvalue weighted by Gasteiger charge is -2.38. The fourth-order valence-corrected chi connectivity index (χ4v) is 4.33. The minimum atomic E-state index is -0.329. The van der Waals surface area contributed by atoms with Crippen LogP contribution in [0.4, 0.5) is 14.9 Å². The maximum atomic E-state index is 13.6. The van der Waals surface area contributed by atoms with Crippen molar-refractivity contribution >= 4 is 17.6 Å². The van der Waals surface area contributed by atoms with Gasteiger partial charge in [0.1, 0.15) is 12.4 Å². The fourth-order valence-electron chi connectivity index (χ4n) is 4.33. The Labute approximate surface area is 193 Å². The maximum Gasteiger partial charge on any atom is 0.322 e. The number of urea groups is 1. The van der Waals surface area contributed by atoms with Gasteiger partial charge >= 0.3 is 6.03 Å². The Morgan fingerprint density at radius 1 is 1.06 bits per heavy atom. The minimum absolute atomic E-state index is 0.0239. The number of aryl methyl sites for hydroxylation is 1. The Morgan fingerprint density at radius 3 is 2.55 bits per heavy atom. The van der Waals surface area contributed by atoms with Crippen molar-refractivity contribution in [2.45, 2.75) is 32.9 Å². The molecule has 1 N–H and O–H groups in total. The lowest BCUT2D eigenvalue weighted by molar-refractivity contribution is -0.134. The molecule has 3 aromatic rings. The number of hydrogen-bond donors (Lipinski definition) is 1. The number of fused-ring (bicyclic) bond motifs is 1. The molecule has 0 saturated carbocycles. The number of para-hydroxylation sites is 1. The zero-order valence-corrected chi connectivity index (χ0v) is 19.0. The van der Waals surface area contributed by atoms with Crippen molar-refractivity contribution < 1.29 is 14.0 Å². The summed E-state index contributed by atoms with van der Waals surface area (Å²) in [6.07, 6.45) is 2.73. The highest BCUT2D eigenvalue weighted by Gasteiger charge is 2.33. The van der Waals surface area contributed by atoms with Gasteiger partial charge in [-0.25, -0.2) is 9.18 Å². The van der Waals surface area contributed by atoms with Crippen molar-refractivity contribution in [1.29, 1.82) is 0 Å². The highest BCUT2D eigenvalue weighted by atomic mass is 19.1. The molecule has 0 bridgehead atoms. The van der Waals surface area contributed by atoms with Gasteiger partial charge in [-0.05, 0) is 54.8 Å². The van der Waals surface area contributed by atoms with Gasteiger partial charge in [-0.15, -0.1) is 0 Å². The molecule has 7 heteroatoms. The summed E-state index contributed by atoms with van der Waals surface area (Å²) >= 11 is 0. The lowest BCUT2D eigenvalue weighted by Crippen LogP contribution is -2.48. The molecule has 1 aliphatic heterocycles. The van der Waals surface area contributed by atoms with Gasteiger partial charge in [0.2, 0.25) is 5.91 Å². The van der Waals surface area contributed by atoms with Crippen molar-refractivity contribution in [3.05, 3.63) is 89.5 Å². The van der Waals surface area contributed by atoms with E-state index in [2.05, 4.69) is 9.88 Å². The molecule has 2 heterocycles. The third-order valence-electron chi connectivity index (χ3n) is 6.04. The molecular formula is C26H29FN4O2. The number of halogens is 1. The quantitative estimate of drug-likeness (QED) is 0.588. The summed E-state index contributed by atoms with van der Waals surface area (Å²) in [5.74, 6) is -0.449. The molecule has 33 heavy (non-hydrogen) atoms. The van der Waals surface area contributed by atoms with Crippen molar-refractivity contribution in [3.8, 4) is 0 Å². The molecular weight excluding hydrogens is 419 g/mol. The van der Waals surface area contributed by atoms with Crippen molar-refractivity contribution in [2.24, 2.45) is 0 Å². The van der Waals surface area contributed by atoms with Crippen molar-refractivity contribution in [3.63, 3.8) is 0 Å². The molecule has 1 aromatic heterocycles. The number of amides is 3. The van der Waals surface area contributed by atoms with E-state index in [1.165, 1.54) is 12.1 Å². The summed E-state index contributed by atoms with van der Waals surface area (Å²) in [5.41, 5.74) is 3.52. The number of nitrogens with zero attached hydrogens (tertiary/aromatic N) is 3. The van der Waals surface area contributed by atoms with Crippen molar-refractivity contribution in [1.82, 2.24) is 14.4 Å².